The topological polar surface area (TPSA) is 29.3 Å². The number of carbonyl (C=O) groups excluding carboxylic acids is 1. The van der Waals surface area contributed by atoms with Crippen LogP contribution >= 0.6 is 0 Å². The third-order valence-corrected chi connectivity index (χ3v) is 4.13. The average molecular weight is 265 g/mol. The summed E-state index contributed by atoms with van der Waals surface area (Å²) < 4.78 is 5.40. The van der Waals surface area contributed by atoms with Crippen LogP contribution in [0.25, 0.3) is 0 Å². The molecule has 3 atom stereocenters. The van der Waals surface area contributed by atoms with E-state index in [9.17, 15) is 4.79 Å². The Morgan fingerprint density at radius 3 is 2.47 bits per heavy atom. The van der Waals surface area contributed by atoms with Crippen molar-refractivity contribution in [2.24, 2.45) is 5.92 Å². The molecular weight excluding hydrogens is 238 g/mol. The first kappa shape index (κ1) is 14.6. The van der Waals surface area contributed by atoms with Crippen molar-refractivity contribution in [3.63, 3.8) is 0 Å². The molecule has 0 bridgehead atoms. The van der Waals surface area contributed by atoms with Gasteiger partial charge in [-0.15, -0.1) is 6.58 Å². The van der Waals surface area contributed by atoms with Gasteiger partial charge in [-0.2, -0.15) is 0 Å². The number of nitrogens with zero attached hydrogens (tertiary/aromatic N) is 1. The van der Waals surface area contributed by atoms with Gasteiger partial charge < -0.3 is 4.74 Å². The molecule has 0 radical (unpaired) electrons. The molecule has 0 aromatic rings. The molecular formula is C16H27NO2. The van der Waals surface area contributed by atoms with Crippen LogP contribution in [-0.4, -0.2) is 35.1 Å². The van der Waals surface area contributed by atoms with Gasteiger partial charge in [0.1, 0.15) is 5.60 Å². The van der Waals surface area contributed by atoms with Crippen LogP contribution in [0.2, 0.25) is 0 Å². The first-order valence-electron chi connectivity index (χ1n) is 7.52. The third-order valence-electron chi connectivity index (χ3n) is 4.13. The van der Waals surface area contributed by atoms with E-state index in [1.165, 1.54) is 32.1 Å². The van der Waals surface area contributed by atoms with Crippen molar-refractivity contribution in [2.75, 3.05) is 6.54 Å². The minimum Gasteiger partial charge on any atom is -0.459 e. The Bertz CT molecular complexity index is 339. The lowest BCUT2D eigenvalue weighted by Crippen LogP contribution is -2.29. The van der Waals surface area contributed by atoms with Gasteiger partial charge in [-0.3, -0.25) is 9.69 Å². The SMILES string of the molecule is C=C[C@H]1[C@@H](C2CCCCC2)N1CC(=O)OC(C)(C)C. The van der Waals surface area contributed by atoms with Crippen molar-refractivity contribution in [1.82, 2.24) is 4.90 Å². The average Bonchev–Trinajstić information content (AvgIpc) is 3.00. The van der Waals surface area contributed by atoms with E-state index in [-0.39, 0.29) is 5.97 Å². The monoisotopic (exact) mass is 265 g/mol. The highest BCUT2D eigenvalue weighted by Crippen LogP contribution is 2.41. The van der Waals surface area contributed by atoms with Crippen LogP contribution < -0.4 is 0 Å². The molecule has 2 aliphatic rings. The van der Waals surface area contributed by atoms with Crippen molar-refractivity contribution in [1.29, 1.82) is 0 Å². The van der Waals surface area contributed by atoms with E-state index in [1.807, 2.05) is 26.8 Å². The van der Waals surface area contributed by atoms with E-state index >= 15 is 0 Å². The summed E-state index contributed by atoms with van der Waals surface area (Å²) >= 11 is 0. The van der Waals surface area contributed by atoms with Crippen LogP contribution in [0.4, 0.5) is 0 Å². The van der Waals surface area contributed by atoms with Crippen LogP contribution in [0.1, 0.15) is 52.9 Å². The van der Waals surface area contributed by atoms with Crippen LogP contribution in [0, 0.1) is 5.92 Å². The Morgan fingerprint density at radius 1 is 1.32 bits per heavy atom. The van der Waals surface area contributed by atoms with Gasteiger partial charge in [-0.25, -0.2) is 0 Å². The molecule has 108 valence electrons. The summed E-state index contributed by atoms with van der Waals surface area (Å²) in [5, 5.41) is 0. The van der Waals surface area contributed by atoms with E-state index in [2.05, 4.69) is 11.5 Å². The Morgan fingerprint density at radius 2 is 1.95 bits per heavy atom. The normalized spacial score (nSPS) is 31.8. The van der Waals surface area contributed by atoms with Crippen molar-refractivity contribution >= 4 is 5.97 Å². The Balaban J connectivity index is 1.86. The second-order valence-electron chi connectivity index (χ2n) is 6.87. The lowest BCUT2D eigenvalue weighted by atomic mass is 9.86. The molecule has 1 aliphatic carbocycles. The molecule has 1 unspecified atom stereocenters. The highest BCUT2D eigenvalue weighted by molar-refractivity contribution is 5.72. The lowest BCUT2D eigenvalue weighted by molar-refractivity contribution is -0.155. The predicted octanol–water partition coefficient (Wildman–Crippen LogP) is 3.15. The van der Waals surface area contributed by atoms with Crippen LogP contribution in [0.5, 0.6) is 0 Å². The van der Waals surface area contributed by atoms with Gasteiger partial charge in [0, 0.05) is 12.1 Å². The fraction of sp³-hybridized carbons (Fsp3) is 0.812. The predicted molar refractivity (Wildman–Crippen MR) is 76.9 cm³/mol. The van der Waals surface area contributed by atoms with Gasteiger partial charge in [-0.1, -0.05) is 25.3 Å². The molecule has 1 heterocycles. The zero-order valence-corrected chi connectivity index (χ0v) is 12.5. The van der Waals surface area contributed by atoms with Gasteiger partial charge in [0.2, 0.25) is 0 Å². The molecule has 0 spiro atoms. The highest BCUT2D eigenvalue weighted by Gasteiger charge is 2.50. The minimum atomic E-state index is -0.392. The molecule has 1 saturated carbocycles. The van der Waals surface area contributed by atoms with E-state index in [1.54, 1.807) is 0 Å². The molecule has 0 amide bonds. The molecule has 3 heteroatoms. The number of hydrogen-bond donors (Lipinski definition) is 0. The van der Waals surface area contributed by atoms with Gasteiger partial charge >= 0.3 is 5.97 Å². The number of esters is 1. The van der Waals surface area contributed by atoms with Crippen molar-refractivity contribution in [3.05, 3.63) is 12.7 Å². The number of ether oxygens (including phenoxy) is 1. The van der Waals surface area contributed by atoms with E-state index in [4.69, 9.17) is 4.74 Å². The third kappa shape index (κ3) is 3.82. The Kier molecular flexibility index (Phi) is 4.34. The quantitative estimate of drug-likeness (QED) is 0.444. The van der Waals surface area contributed by atoms with Gasteiger partial charge in [-0.05, 0) is 39.5 Å². The van der Waals surface area contributed by atoms with Crippen LogP contribution in [0.3, 0.4) is 0 Å². The summed E-state index contributed by atoms with van der Waals surface area (Å²) in [5.41, 5.74) is -0.392. The number of hydrogen-bond acceptors (Lipinski definition) is 3. The molecule has 0 aromatic heterocycles. The molecule has 1 aliphatic heterocycles. The number of carbonyl (C=O) groups is 1. The molecule has 2 rings (SSSR count). The largest absolute Gasteiger partial charge is 0.459 e. The summed E-state index contributed by atoms with van der Waals surface area (Å²) in [6, 6.07) is 0.918. The van der Waals surface area contributed by atoms with Crippen LogP contribution in [0.15, 0.2) is 12.7 Å². The standard InChI is InChI=1S/C16H27NO2/c1-5-13-15(12-9-7-6-8-10-12)17(13)11-14(18)19-16(2,3)4/h5,12-13,15H,1,6-11H2,2-4H3/t13-,15+,17?/m0/s1. The van der Waals surface area contributed by atoms with Gasteiger partial charge in [0.05, 0.1) is 6.54 Å². The fourth-order valence-electron chi connectivity index (χ4n) is 3.35. The summed E-state index contributed by atoms with van der Waals surface area (Å²) in [5.74, 6) is 0.636. The summed E-state index contributed by atoms with van der Waals surface area (Å²) in [4.78, 5) is 14.1. The van der Waals surface area contributed by atoms with Gasteiger partial charge in [0.25, 0.3) is 0 Å². The summed E-state index contributed by atoms with van der Waals surface area (Å²) in [7, 11) is 0. The second-order valence-corrected chi connectivity index (χ2v) is 6.87. The lowest BCUT2D eigenvalue weighted by Gasteiger charge is -2.22. The van der Waals surface area contributed by atoms with Crippen molar-refractivity contribution in [3.8, 4) is 0 Å². The van der Waals surface area contributed by atoms with Crippen molar-refractivity contribution in [2.45, 2.75) is 70.6 Å². The van der Waals surface area contributed by atoms with Gasteiger partial charge in [0.15, 0.2) is 0 Å². The molecule has 0 aromatic carbocycles. The first-order chi connectivity index (χ1) is 8.92. The molecule has 0 N–H and O–H groups in total. The Labute approximate surface area is 117 Å². The van der Waals surface area contributed by atoms with Crippen molar-refractivity contribution < 1.29 is 9.53 Å². The molecule has 1 saturated heterocycles. The zero-order valence-electron chi connectivity index (χ0n) is 12.5. The Hall–Kier alpha value is -0.830. The highest BCUT2D eigenvalue weighted by atomic mass is 16.6. The second kappa shape index (κ2) is 5.66. The summed E-state index contributed by atoms with van der Waals surface area (Å²) in [6.45, 7) is 10.1. The zero-order chi connectivity index (χ0) is 14.0. The molecule has 19 heavy (non-hydrogen) atoms. The number of rotatable bonds is 4. The first-order valence-corrected chi connectivity index (χ1v) is 7.52. The summed E-state index contributed by atoms with van der Waals surface area (Å²) in [6.07, 6.45) is 8.65. The molecule has 3 nitrogen and oxygen atoms in total. The maximum absolute atomic E-state index is 11.9. The van der Waals surface area contributed by atoms with Crippen LogP contribution in [-0.2, 0) is 9.53 Å². The maximum Gasteiger partial charge on any atom is 0.320 e. The van der Waals surface area contributed by atoms with E-state index in [0.717, 1.165) is 5.92 Å². The van der Waals surface area contributed by atoms with E-state index in [0.29, 0.717) is 18.6 Å². The molecule has 2 fully saturated rings. The smallest absolute Gasteiger partial charge is 0.320 e. The van der Waals surface area contributed by atoms with E-state index < -0.39 is 5.60 Å². The maximum atomic E-state index is 11.9. The minimum absolute atomic E-state index is 0.113. The fourth-order valence-corrected chi connectivity index (χ4v) is 3.35.